The number of carbonyl (C=O) groups excluding carboxylic acids is 1. The molecule has 0 spiro atoms. The summed E-state index contributed by atoms with van der Waals surface area (Å²) in [7, 11) is 1.72. The highest BCUT2D eigenvalue weighted by Crippen LogP contribution is 2.17. The Bertz CT molecular complexity index is 777. The van der Waals surface area contributed by atoms with Crippen LogP contribution in [-0.2, 0) is 11.3 Å². The van der Waals surface area contributed by atoms with Crippen LogP contribution in [0.2, 0.25) is 0 Å². The number of carbonyl (C=O) groups is 1. The Hall–Kier alpha value is -1.88. The van der Waals surface area contributed by atoms with Crippen molar-refractivity contribution in [2.45, 2.75) is 13.0 Å². The van der Waals surface area contributed by atoms with E-state index in [2.05, 4.69) is 26.6 Å². The lowest BCUT2D eigenvalue weighted by molar-refractivity contribution is -0.131. The highest BCUT2D eigenvalue weighted by atomic mass is 127. The number of nitrogens with zero attached hydrogens (tertiary/aromatic N) is 3. The van der Waals surface area contributed by atoms with Crippen molar-refractivity contribution in [1.82, 2.24) is 15.5 Å². The zero-order valence-electron chi connectivity index (χ0n) is 16.4. The average Bonchev–Trinajstić information content (AvgIpc) is 3.25. The minimum atomic E-state index is -0.232. The van der Waals surface area contributed by atoms with Crippen LogP contribution in [0.5, 0.6) is 0 Å². The molecule has 0 aliphatic carbocycles. The molecule has 2 N–H and O–H groups in total. The van der Waals surface area contributed by atoms with Gasteiger partial charge in [-0.1, -0.05) is 6.07 Å². The Morgan fingerprint density at radius 1 is 1.14 bits per heavy atom. The Kier molecular flexibility index (Phi) is 9.65. The molecule has 0 unspecified atom stereocenters. The quantitative estimate of drug-likeness (QED) is 0.342. The first kappa shape index (κ1) is 23.4. The number of thiophene rings is 1. The van der Waals surface area contributed by atoms with Crippen molar-refractivity contribution >= 4 is 52.9 Å². The van der Waals surface area contributed by atoms with Gasteiger partial charge in [-0.3, -0.25) is 9.79 Å². The van der Waals surface area contributed by atoms with Gasteiger partial charge in [-0.15, -0.1) is 35.3 Å². The lowest BCUT2D eigenvalue weighted by Crippen LogP contribution is -2.49. The van der Waals surface area contributed by atoms with Crippen LogP contribution in [0.25, 0.3) is 0 Å². The van der Waals surface area contributed by atoms with Crippen molar-refractivity contribution in [3.05, 3.63) is 52.5 Å². The lowest BCUT2D eigenvalue weighted by atomic mass is 10.2. The number of rotatable bonds is 6. The van der Waals surface area contributed by atoms with Gasteiger partial charge in [0.25, 0.3) is 0 Å². The van der Waals surface area contributed by atoms with Gasteiger partial charge in [0, 0.05) is 56.8 Å². The predicted molar refractivity (Wildman–Crippen MR) is 128 cm³/mol. The molecule has 29 heavy (non-hydrogen) atoms. The van der Waals surface area contributed by atoms with Crippen molar-refractivity contribution in [2.24, 2.45) is 4.99 Å². The minimum absolute atomic E-state index is 0. The third kappa shape index (κ3) is 7.14. The largest absolute Gasteiger partial charge is 0.368 e. The lowest BCUT2D eigenvalue weighted by Gasteiger charge is -2.36. The van der Waals surface area contributed by atoms with E-state index in [0.717, 1.165) is 25.3 Å². The second-order valence-electron chi connectivity index (χ2n) is 6.53. The van der Waals surface area contributed by atoms with Crippen LogP contribution in [0.1, 0.15) is 11.3 Å². The number of aliphatic imine (C=N–C) groups is 1. The molecule has 0 radical (unpaired) electrons. The number of hydrogen-bond acceptors (Lipinski definition) is 4. The smallest absolute Gasteiger partial charge is 0.224 e. The predicted octanol–water partition coefficient (Wildman–Crippen LogP) is 2.91. The van der Waals surface area contributed by atoms with E-state index in [9.17, 15) is 9.18 Å². The topological polar surface area (TPSA) is 60.0 Å². The molecular formula is C20H27FIN5OS. The van der Waals surface area contributed by atoms with Crippen molar-refractivity contribution < 1.29 is 9.18 Å². The van der Waals surface area contributed by atoms with E-state index in [0.29, 0.717) is 32.0 Å². The molecule has 6 nitrogen and oxygen atoms in total. The van der Waals surface area contributed by atoms with Gasteiger partial charge in [-0.2, -0.15) is 0 Å². The van der Waals surface area contributed by atoms with Crippen LogP contribution in [0.4, 0.5) is 10.1 Å². The fourth-order valence-corrected chi connectivity index (χ4v) is 3.76. The molecule has 2 heterocycles. The molecular weight excluding hydrogens is 504 g/mol. The molecule has 0 atom stereocenters. The highest BCUT2D eigenvalue weighted by Gasteiger charge is 2.21. The first-order valence-corrected chi connectivity index (χ1v) is 10.3. The van der Waals surface area contributed by atoms with Gasteiger partial charge in [0.1, 0.15) is 5.82 Å². The molecule has 0 bridgehead atoms. The standard InChI is InChI=1S/C20H26FN5OS.HI/c1-22-20(24-15-18-3-2-14-28-18)23-9-8-19(27)26-12-10-25(11-13-26)17-6-4-16(21)5-7-17;/h2-7,14H,8-13,15H2,1H3,(H2,22,23,24);1H. The number of halogens is 2. The normalized spacial score (nSPS) is 14.3. The van der Waals surface area contributed by atoms with Crippen LogP contribution in [0, 0.1) is 5.82 Å². The maximum absolute atomic E-state index is 13.1. The first-order valence-electron chi connectivity index (χ1n) is 9.41. The van der Waals surface area contributed by atoms with Gasteiger partial charge in [0.05, 0.1) is 6.54 Å². The molecule has 158 valence electrons. The third-order valence-electron chi connectivity index (χ3n) is 4.69. The fourth-order valence-electron chi connectivity index (χ4n) is 3.12. The second kappa shape index (κ2) is 12.0. The molecule has 1 aromatic carbocycles. The Morgan fingerprint density at radius 2 is 1.86 bits per heavy atom. The number of guanidine groups is 1. The summed E-state index contributed by atoms with van der Waals surface area (Å²) in [6.07, 6.45) is 0.427. The molecule has 9 heteroatoms. The van der Waals surface area contributed by atoms with E-state index in [1.54, 1.807) is 30.5 Å². The van der Waals surface area contributed by atoms with Gasteiger partial charge < -0.3 is 20.4 Å². The number of piperazine rings is 1. The highest BCUT2D eigenvalue weighted by molar-refractivity contribution is 14.0. The van der Waals surface area contributed by atoms with E-state index in [-0.39, 0.29) is 35.7 Å². The van der Waals surface area contributed by atoms with E-state index >= 15 is 0 Å². The van der Waals surface area contributed by atoms with Gasteiger partial charge in [-0.25, -0.2) is 4.39 Å². The van der Waals surface area contributed by atoms with E-state index in [1.165, 1.54) is 17.0 Å². The minimum Gasteiger partial charge on any atom is -0.368 e. The summed E-state index contributed by atoms with van der Waals surface area (Å²) in [5.41, 5.74) is 0.996. The number of anilines is 1. The van der Waals surface area contributed by atoms with Crippen molar-refractivity contribution in [2.75, 3.05) is 44.7 Å². The Morgan fingerprint density at radius 3 is 2.48 bits per heavy atom. The zero-order chi connectivity index (χ0) is 19.8. The second-order valence-corrected chi connectivity index (χ2v) is 7.56. The molecule has 1 amide bonds. The van der Waals surface area contributed by atoms with Crippen molar-refractivity contribution in [3.63, 3.8) is 0 Å². The summed E-state index contributed by atoms with van der Waals surface area (Å²) in [6, 6.07) is 10.6. The van der Waals surface area contributed by atoms with Gasteiger partial charge in [0.2, 0.25) is 5.91 Å². The number of amides is 1. The summed E-state index contributed by atoms with van der Waals surface area (Å²) in [5.74, 6) is 0.604. The molecule has 1 fully saturated rings. The maximum atomic E-state index is 13.1. The summed E-state index contributed by atoms with van der Waals surface area (Å²) in [6.45, 7) is 4.14. The summed E-state index contributed by atoms with van der Waals surface area (Å²) in [4.78, 5) is 22.0. The number of nitrogens with one attached hydrogen (secondary N) is 2. The van der Waals surface area contributed by atoms with Gasteiger partial charge >= 0.3 is 0 Å². The third-order valence-corrected chi connectivity index (χ3v) is 5.57. The molecule has 2 aromatic rings. The van der Waals surface area contributed by atoms with E-state index in [4.69, 9.17) is 0 Å². The van der Waals surface area contributed by atoms with E-state index in [1.807, 2.05) is 16.3 Å². The van der Waals surface area contributed by atoms with Crippen LogP contribution >= 0.6 is 35.3 Å². The van der Waals surface area contributed by atoms with Crippen LogP contribution in [-0.4, -0.2) is 56.5 Å². The van der Waals surface area contributed by atoms with Crippen LogP contribution in [0.3, 0.4) is 0 Å². The number of benzene rings is 1. The molecule has 1 aliphatic heterocycles. The molecule has 1 aliphatic rings. The first-order chi connectivity index (χ1) is 13.7. The maximum Gasteiger partial charge on any atom is 0.224 e. The summed E-state index contributed by atoms with van der Waals surface area (Å²) in [5, 5.41) is 8.48. The number of hydrogen-bond donors (Lipinski definition) is 2. The molecule has 1 saturated heterocycles. The average molecular weight is 531 g/mol. The Labute approximate surface area is 192 Å². The van der Waals surface area contributed by atoms with Crippen molar-refractivity contribution in [3.8, 4) is 0 Å². The fraction of sp³-hybridized carbons (Fsp3) is 0.400. The molecule has 0 saturated carbocycles. The van der Waals surface area contributed by atoms with Crippen molar-refractivity contribution in [1.29, 1.82) is 0 Å². The van der Waals surface area contributed by atoms with Crippen LogP contribution in [0.15, 0.2) is 46.8 Å². The van der Waals surface area contributed by atoms with E-state index < -0.39 is 0 Å². The summed E-state index contributed by atoms with van der Waals surface area (Å²) >= 11 is 1.69. The monoisotopic (exact) mass is 531 g/mol. The summed E-state index contributed by atoms with van der Waals surface area (Å²) < 4.78 is 13.1. The molecule has 1 aromatic heterocycles. The van der Waals surface area contributed by atoms with Gasteiger partial charge in [-0.05, 0) is 35.7 Å². The molecule has 3 rings (SSSR count). The van der Waals surface area contributed by atoms with Gasteiger partial charge in [0.15, 0.2) is 5.96 Å². The SMILES string of the molecule is CN=C(NCCC(=O)N1CCN(c2ccc(F)cc2)CC1)NCc1cccs1.I. The van der Waals surface area contributed by atoms with Crippen LogP contribution < -0.4 is 15.5 Å². The zero-order valence-corrected chi connectivity index (χ0v) is 19.6. The Balaban J connectivity index is 0.00000300.